The molecule has 1 nitrogen and oxygen atoms in total. The summed E-state index contributed by atoms with van der Waals surface area (Å²) in [6, 6.07) is 5.94. The number of hydrogen-bond donors (Lipinski definition) is 0. The average molecular weight is 475 g/mol. The van der Waals surface area contributed by atoms with Gasteiger partial charge < -0.3 is 4.74 Å². The Bertz CT molecular complexity index is 533. The molecule has 0 bridgehead atoms. The van der Waals surface area contributed by atoms with E-state index in [0.717, 1.165) is 29.9 Å². The van der Waals surface area contributed by atoms with E-state index in [1.165, 1.54) is 5.56 Å². The lowest BCUT2D eigenvalue weighted by atomic mass is 10.2. The minimum Gasteiger partial charge on any atom is -0.486 e. The predicted octanol–water partition coefficient (Wildman–Crippen LogP) is 6.40. The molecule has 0 saturated heterocycles. The van der Waals surface area contributed by atoms with E-state index in [1.54, 1.807) is 11.3 Å². The topological polar surface area (TPSA) is 9.23 Å². The van der Waals surface area contributed by atoms with E-state index in [1.807, 2.05) is 23.6 Å². The largest absolute Gasteiger partial charge is 0.486 e. The van der Waals surface area contributed by atoms with Crippen molar-refractivity contribution >= 4 is 70.7 Å². The Kier molecular flexibility index (Phi) is 5.57. The molecule has 6 heteroatoms. The summed E-state index contributed by atoms with van der Waals surface area (Å²) < 4.78 is 7.67. The molecule has 2 rings (SSSR count). The van der Waals surface area contributed by atoms with Gasteiger partial charge in [-0.25, -0.2) is 0 Å². The van der Waals surface area contributed by atoms with Gasteiger partial charge >= 0.3 is 0 Å². The Morgan fingerprint density at radius 1 is 1.22 bits per heavy atom. The number of benzene rings is 1. The molecular formula is C12H8Br3ClOS. The van der Waals surface area contributed by atoms with Crippen LogP contribution in [0.2, 0.25) is 5.02 Å². The Morgan fingerprint density at radius 3 is 2.39 bits per heavy atom. The van der Waals surface area contributed by atoms with E-state index in [0.29, 0.717) is 6.61 Å². The molecule has 96 valence electrons. The maximum atomic E-state index is 6.03. The molecule has 1 heterocycles. The summed E-state index contributed by atoms with van der Waals surface area (Å²) in [5.74, 6) is 0.796. The minimum atomic E-state index is 0.474. The van der Waals surface area contributed by atoms with Gasteiger partial charge in [-0.3, -0.25) is 0 Å². The molecule has 18 heavy (non-hydrogen) atoms. The second-order valence-corrected chi connectivity index (χ2v) is 7.18. The zero-order valence-corrected chi connectivity index (χ0v) is 15.4. The number of ether oxygens (including phenoxy) is 1. The van der Waals surface area contributed by atoms with Gasteiger partial charge in [0, 0.05) is 5.33 Å². The quantitative estimate of drug-likeness (QED) is 0.465. The standard InChI is InChI=1S/C12H8Br3ClOS/c13-5-7-3-8(14)12(9(15)4-7)17-6-11-10(16)1-2-18-11/h1-4H,5-6H2. The lowest BCUT2D eigenvalue weighted by Gasteiger charge is -2.11. The van der Waals surface area contributed by atoms with Gasteiger partial charge in [-0.1, -0.05) is 27.5 Å². The van der Waals surface area contributed by atoms with Crippen LogP contribution in [0, 0.1) is 0 Å². The third-order valence-corrected chi connectivity index (χ3v) is 5.44. The first-order chi connectivity index (χ1) is 8.61. The molecule has 0 aliphatic carbocycles. The first kappa shape index (κ1) is 14.9. The fourth-order valence-electron chi connectivity index (χ4n) is 1.39. The zero-order valence-electron chi connectivity index (χ0n) is 9.05. The van der Waals surface area contributed by atoms with Gasteiger partial charge in [-0.15, -0.1) is 11.3 Å². The van der Waals surface area contributed by atoms with Crippen molar-refractivity contribution in [1.29, 1.82) is 0 Å². The van der Waals surface area contributed by atoms with Gasteiger partial charge in [0.2, 0.25) is 0 Å². The number of hydrogen-bond acceptors (Lipinski definition) is 2. The van der Waals surface area contributed by atoms with Crippen LogP contribution < -0.4 is 4.74 Å². The Morgan fingerprint density at radius 2 is 1.89 bits per heavy atom. The van der Waals surface area contributed by atoms with Crippen LogP contribution in [0.15, 0.2) is 32.5 Å². The third-order valence-electron chi connectivity index (χ3n) is 2.25. The van der Waals surface area contributed by atoms with Crippen molar-refractivity contribution in [2.75, 3.05) is 0 Å². The number of rotatable bonds is 4. The molecule has 0 aliphatic rings. The Balaban J connectivity index is 2.17. The normalized spacial score (nSPS) is 10.7. The molecule has 2 aromatic rings. The molecule has 0 amide bonds. The first-order valence-corrected chi connectivity index (χ1v) is 8.97. The van der Waals surface area contributed by atoms with E-state index >= 15 is 0 Å². The van der Waals surface area contributed by atoms with Crippen molar-refractivity contribution in [3.8, 4) is 5.75 Å². The molecular weight excluding hydrogens is 467 g/mol. The molecule has 0 N–H and O–H groups in total. The van der Waals surface area contributed by atoms with Crippen LogP contribution in [0.5, 0.6) is 5.75 Å². The van der Waals surface area contributed by atoms with Gasteiger partial charge in [0.05, 0.1) is 18.8 Å². The maximum Gasteiger partial charge on any atom is 0.148 e. The van der Waals surface area contributed by atoms with Crippen LogP contribution in [-0.2, 0) is 11.9 Å². The molecule has 0 radical (unpaired) electrons. The van der Waals surface area contributed by atoms with Crippen molar-refractivity contribution in [2.24, 2.45) is 0 Å². The monoisotopic (exact) mass is 472 g/mol. The minimum absolute atomic E-state index is 0.474. The van der Waals surface area contributed by atoms with Crippen LogP contribution in [-0.4, -0.2) is 0 Å². The molecule has 0 aliphatic heterocycles. The number of halogens is 4. The summed E-state index contributed by atoms with van der Waals surface area (Å²) >= 11 is 18.1. The number of thiophene rings is 1. The summed E-state index contributed by atoms with van der Waals surface area (Å²) in [5.41, 5.74) is 1.18. The molecule has 0 spiro atoms. The highest BCUT2D eigenvalue weighted by Gasteiger charge is 2.10. The van der Waals surface area contributed by atoms with E-state index in [4.69, 9.17) is 16.3 Å². The van der Waals surface area contributed by atoms with E-state index in [-0.39, 0.29) is 0 Å². The average Bonchev–Trinajstić information content (AvgIpc) is 2.73. The molecule has 1 aromatic carbocycles. The maximum absolute atomic E-state index is 6.03. The van der Waals surface area contributed by atoms with E-state index in [2.05, 4.69) is 47.8 Å². The predicted molar refractivity (Wildman–Crippen MR) is 88.1 cm³/mol. The SMILES string of the molecule is Clc1ccsc1COc1c(Br)cc(CBr)cc1Br. The van der Waals surface area contributed by atoms with Crippen LogP contribution in [0.4, 0.5) is 0 Å². The van der Waals surface area contributed by atoms with Crippen molar-refractivity contribution in [3.05, 3.63) is 48.0 Å². The Hall–Kier alpha value is 0.450. The summed E-state index contributed by atoms with van der Waals surface area (Å²) in [6.07, 6.45) is 0. The summed E-state index contributed by atoms with van der Waals surface area (Å²) in [6.45, 7) is 0.474. The van der Waals surface area contributed by atoms with Crippen molar-refractivity contribution in [3.63, 3.8) is 0 Å². The van der Waals surface area contributed by atoms with Crippen molar-refractivity contribution in [1.82, 2.24) is 0 Å². The van der Waals surface area contributed by atoms with Gasteiger partial charge in [0.25, 0.3) is 0 Å². The van der Waals surface area contributed by atoms with Gasteiger partial charge in [-0.05, 0) is 61.0 Å². The van der Waals surface area contributed by atoms with Gasteiger partial charge in [0.15, 0.2) is 0 Å². The molecule has 0 fully saturated rings. The smallest absolute Gasteiger partial charge is 0.148 e. The fourth-order valence-corrected chi connectivity index (χ4v) is 4.23. The lowest BCUT2D eigenvalue weighted by molar-refractivity contribution is 0.306. The van der Waals surface area contributed by atoms with Crippen LogP contribution >= 0.6 is 70.7 Å². The highest BCUT2D eigenvalue weighted by atomic mass is 79.9. The first-order valence-electron chi connectivity index (χ1n) is 5.00. The highest BCUT2D eigenvalue weighted by Crippen LogP contribution is 2.36. The van der Waals surface area contributed by atoms with Crippen LogP contribution in [0.3, 0.4) is 0 Å². The Labute approximate surface area is 140 Å². The molecule has 1 aromatic heterocycles. The fraction of sp³-hybridized carbons (Fsp3) is 0.167. The molecule has 0 atom stereocenters. The van der Waals surface area contributed by atoms with E-state index in [9.17, 15) is 0 Å². The highest BCUT2D eigenvalue weighted by molar-refractivity contribution is 9.11. The zero-order chi connectivity index (χ0) is 13.1. The summed E-state index contributed by atoms with van der Waals surface area (Å²) in [5, 5.41) is 3.52. The summed E-state index contributed by atoms with van der Waals surface area (Å²) in [7, 11) is 0. The summed E-state index contributed by atoms with van der Waals surface area (Å²) in [4.78, 5) is 1.03. The van der Waals surface area contributed by atoms with Crippen molar-refractivity contribution < 1.29 is 4.74 Å². The van der Waals surface area contributed by atoms with E-state index < -0.39 is 0 Å². The van der Waals surface area contributed by atoms with Gasteiger partial charge in [0.1, 0.15) is 12.4 Å². The lowest BCUT2D eigenvalue weighted by Crippen LogP contribution is -1.96. The van der Waals surface area contributed by atoms with Crippen LogP contribution in [0.25, 0.3) is 0 Å². The van der Waals surface area contributed by atoms with Crippen molar-refractivity contribution in [2.45, 2.75) is 11.9 Å². The van der Waals surface area contributed by atoms with Gasteiger partial charge in [-0.2, -0.15) is 0 Å². The number of alkyl halides is 1. The second-order valence-electron chi connectivity index (χ2n) is 3.50. The molecule has 0 saturated carbocycles. The second kappa shape index (κ2) is 6.75. The third kappa shape index (κ3) is 3.51. The molecule has 0 unspecified atom stereocenters. The van der Waals surface area contributed by atoms with Crippen LogP contribution in [0.1, 0.15) is 10.4 Å².